The average Bonchev–Trinajstić information content (AvgIpc) is 3.26. The minimum absolute atomic E-state index is 0.128. The Labute approximate surface area is 190 Å². The van der Waals surface area contributed by atoms with Crippen molar-refractivity contribution in [3.63, 3.8) is 0 Å². The first kappa shape index (κ1) is 21.7. The Kier molecular flexibility index (Phi) is 6.58. The van der Waals surface area contributed by atoms with Crippen molar-refractivity contribution in [2.75, 3.05) is 4.72 Å². The minimum Gasteiger partial charge on any atom is -0.457 e. The van der Waals surface area contributed by atoms with Crippen molar-refractivity contribution in [3.8, 4) is 11.5 Å². The topological polar surface area (TPSA) is 93.5 Å². The number of rotatable bonds is 8. The van der Waals surface area contributed by atoms with Crippen LogP contribution in [0.4, 0.5) is 10.8 Å². The van der Waals surface area contributed by atoms with Gasteiger partial charge in [0.05, 0.1) is 10.6 Å². The van der Waals surface area contributed by atoms with Crippen LogP contribution in [0.25, 0.3) is 0 Å². The number of hydrogen-bond acceptors (Lipinski definition) is 7. The maximum absolute atomic E-state index is 12.6. The van der Waals surface area contributed by atoms with Gasteiger partial charge in [-0.1, -0.05) is 48.6 Å². The van der Waals surface area contributed by atoms with E-state index in [4.69, 9.17) is 4.74 Å². The third-order valence-corrected chi connectivity index (χ3v) is 6.80. The van der Waals surface area contributed by atoms with Crippen LogP contribution < -0.4 is 9.46 Å². The molecule has 0 fully saturated rings. The predicted molar refractivity (Wildman–Crippen MR) is 127 cm³/mol. The van der Waals surface area contributed by atoms with Gasteiger partial charge >= 0.3 is 0 Å². The van der Waals surface area contributed by atoms with Gasteiger partial charge in [0, 0.05) is 6.21 Å². The van der Waals surface area contributed by atoms with Gasteiger partial charge in [0.2, 0.25) is 5.13 Å². The fraction of sp³-hybridized carbons (Fsp3) is 0.0870. The molecule has 0 atom stereocenters. The Hall–Kier alpha value is -3.56. The van der Waals surface area contributed by atoms with Gasteiger partial charge in [-0.05, 0) is 60.5 Å². The van der Waals surface area contributed by atoms with E-state index in [0.29, 0.717) is 17.9 Å². The van der Waals surface area contributed by atoms with Crippen molar-refractivity contribution in [2.45, 2.75) is 18.2 Å². The summed E-state index contributed by atoms with van der Waals surface area (Å²) in [6.07, 6.45) is 2.40. The molecule has 0 aliphatic carbocycles. The largest absolute Gasteiger partial charge is 0.457 e. The highest BCUT2D eigenvalue weighted by Gasteiger charge is 2.16. The van der Waals surface area contributed by atoms with Crippen molar-refractivity contribution in [1.29, 1.82) is 0 Å². The van der Waals surface area contributed by atoms with E-state index in [1.54, 1.807) is 18.3 Å². The Morgan fingerprint density at radius 3 is 2.44 bits per heavy atom. The number of para-hydroxylation sites is 1. The van der Waals surface area contributed by atoms with Crippen LogP contribution in [0, 0.1) is 0 Å². The Balaban J connectivity index is 1.43. The smallest absolute Gasteiger partial charge is 0.263 e. The first-order valence-corrected chi connectivity index (χ1v) is 12.1. The molecular formula is C23H20N4O3S2. The van der Waals surface area contributed by atoms with E-state index in [2.05, 4.69) is 19.9 Å². The zero-order valence-corrected chi connectivity index (χ0v) is 18.8. The molecule has 0 aliphatic heterocycles. The number of aliphatic imine (C=N–C) groups is 1. The van der Waals surface area contributed by atoms with E-state index in [-0.39, 0.29) is 10.0 Å². The van der Waals surface area contributed by atoms with E-state index in [0.717, 1.165) is 16.3 Å². The van der Waals surface area contributed by atoms with Crippen molar-refractivity contribution in [2.24, 2.45) is 4.99 Å². The molecule has 162 valence electrons. The molecule has 0 radical (unpaired) electrons. The zero-order valence-electron chi connectivity index (χ0n) is 17.2. The first-order chi connectivity index (χ1) is 15.5. The summed E-state index contributed by atoms with van der Waals surface area (Å²) in [7, 11) is -3.74. The molecule has 1 heterocycles. The summed E-state index contributed by atoms with van der Waals surface area (Å²) < 4.78 is 33.4. The van der Waals surface area contributed by atoms with Gasteiger partial charge in [-0.2, -0.15) is 0 Å². The fourth-order valence-corrected chi connectivity index (χ4v) is 4.66. The summed E-state index contributed by atoms with van der Waals surface area (Å²) in [5.41, 5.74) is 1.49. The summed E-state index contributed by atoms with van der Waals surface area (Å²) in [5.74, 6) is 1.46. The molecule has 32 heavy (non-hydrogen) atoms. The van der Waals surface area contributed by atoms with Gasteiger partial charge in [0.15, 0.2) is 0 Å². The van der Waals surface area contributed by atoms with Gasteiger partial charge in [0.25, 0.3) is 10.0 Å². The van der Waals surface area contributed by atoms with E-state index in [9.17, 15) is 8.42 Å². The molecule has 0 unspecified atom stereocenters. The summed E-state index contributed by atoms with van der Waals surface area (Å²) in [5, 5.41) is 8.80. The quantitative estimate of drug-likeness (QED) is 0.350. The monoisotopic (exact) mass is 464 g/mol. The van der Waals surface area contributed by atoms with Gasteiger partial charge in [-0.15, -0.1) is 10.2 Å². The lowest BCUT2D eigenvalue weighted by Gasteiger charge is -2.06. The molecule has 4 rings (SSSR count). The molecule has 3 aromatic carbocycles. The maximum atomic E-state index is 12.6. The average molecular weight is 465 g/mol. The van der Waals surface area contributed by atoms with Gasteiger partial charge in [-0.25, -0.2) is 8.42 Å². The number of aryl methyl sites for hydroxylation is 1. The molecule has 1 aromatic heterocycles. The van der Waals surface area contributed by atoms with E-state index < -0.39 is 10.0 Å². The van der Waals surface area contributed by atoms with Gasteiger partial charge < -0.3 is 4.74 Å². The Morgan fingerprint density at radius 1 is 0.969 bits per heavy atom. The van der Waals surface area contributed by atoms with Crippen LogP contribution in [-0.2, 0) is 16.4 Å². The molecule has 0 bridgehead atoms. The minimum atomic E-state index is -3.74. The number of nitrogens with zero attached hydrogens (tertiary/aromatic N) is 3. The highest BCUT2D eigenvalue weighted by molar-refractivity contribution is 7.93. The molecule has 0 saturated heterocycles. The number of nitrogens with one attached hydrogen (secondary N) is 1. The Bertz CT molecular complexity index is 1320. The third-order valence-electron chi connectivity index (χ3n) is 4.34. The fourth-order valence-electron chi connectivity index (χ4n) is 2.75. The maximum Gasteiger partial charge on any atom is 0.263 e. The number of anilines is 1. The van der Waals surface area contributed by atoms with E-state index in [1.165, 1.54) is 23.5 Å². The van der Waals surface area contributed by atoms with E-state index >= 15 is 0 Å². The van der Waals surface area contributed by atoms with Crippen LogP contribution in [0.15, 0.2) is 88.8 Å². The van der Waals surface area contributed by atoms with Crippen molar-refractivity contribution < 1.29 is 13.2 Å². The lowest BCUT2D eigenvalue weighted by molar-refractivity contribution is 0.482. The molecular weight excluding hydrogens is 444 g/mol. The lowest BCUT2D eigenvalue weighted by atomic mass is 10.2. The molecule has 1 N–H and O–H groups in total. The molecule has 0 aliphatic rings. The third kappa shape index (κ3) is 5.57. The standard InChI is InChI=1S/C23H20N4O3S2/c1-2-22-25-26-23(31-22)27-32(28,29)21-13-11-18(12-14-21)24-16-17-7-6-10-20(15-17)30-19-8-4-3-5-9-19/h3-16H,2H2,1H3,(H,26,27). The van der Waals surface area contributed by atoms with Gasteiger partial charge in [0.1, 0.15) is 16.5 Å². The Morgan fingerprint density at radius 2 is 1.72 bits per heavy atom. The summed E-state index contributed by atoms with van der Waals surface area (Å²) in [6.45, 7) is 1.94. The van der Waals surface area contributed by atoms with Gasteiger partial charge in [-0.3, -0.25) is 9.71 Å². The lowest BCUT2D eigenvalue weighted by Crippen LogP contribution is -2.12. The van der Waals surface area contributed by atoms with Crippen molar-refractivity contribution in [1.82, 2.24) is 10.2 Å². The zero-order chi connectivity index (χ0) is 22.4. The van der Waals surface area contributed by atoms with Crippen LogP contribution in [-0.4, -0.2) is 24.8 Å². The van der Waals surface area contributed by atoms with Crippen LogP contribution in [0.1, 0.15) is 17.5 Å². The molecule has 7 nitrogen and oxygen atoms in total. The summed E-state index contributed by atoms with van der Waals surface area (Å²) in [6, 6.07) is 23.4. The molecule has 9 heteroatoms. The SMILES string of the molecule is CCc1nnc(NS(=O)(=O)c2ccc(N=Cc3cccc(Oc4ccccc4)c3)cc2)s1. The van der Waals surface area contributed by atoms with Crippen LogP contribution >= 0.6 is 11.3 Å². The number of hydrogen-bond donors (Lipinski definition) is 1. The van der Waals surface area contributed by atoms with Crippen LogP contribution in [0.5, 0.6) is 11.5 Å². The number of ether oxygens (including phenoxy) is 1. The van der Waals surface area contributed by atoms with Crippen LogP contribution in [0.3, 0.4) is 0 Å². The second-order valence-corrected chi connectivity index (χ2v) is 9.44. The molecule has 0 spiro atoms. The van der Waals surface area contributed by atoms with Crippen molar-refractivity contribution >= 4 is 38.4 Å². The molecule has 0 saturated carbocycles. The van der Waals surface area contributed by atoms with E-state index in [1.807, 2.05) is 61.5 Å². The van der Waals surface area contributed by atoms with Crippen LogP contribution in [0.2, 0.25) is 0 Å². The normalized spacial score (nSPS) is 11.5. The number of sulfonamides is 1. The number of benzene rings is 3. The highest BCUT2D eigenvalue weighted by Crippen LogP contribution is 2.23. The summed E-state index contributed by atoms with van der Waals surface area (Å²) >= 11 is 1.22. The highest BCUT2D eigenvalue weighted by atomic mass is 32.2. The summed E-state index contributed by atoms with van der Waals surface area (Å²) in [4.78, 5) is 4.56. The number of aromatic nitrogens is 2. The predicted octanol–water partition coefficient (Wildman–Crippen LogP) is 5.44. The molecule has 4 aromatic rings. The first-order valence-electron chi connectivity index (χ1n) is 9.84. The second kappa shape index (κ2) is 9.71. The van der Waals surface area contributed by atoms with Crippen molar-refractivity contribution in [3.05, 3.63) is 89.4 Å². The second-order valence-electron chi connectivity index (χ2n) is 6.70. The molecule has 0 amide bonds.